The van der Waals surface area contributed by atoms with E-state index in [4.69, 9.17) is 0 Å². The number of halogens is 3. The Bertz CT molecular complexity index is 825. The van der Waals surface area contributed by atoms with Gasteiger partial charge in [-0.15, -0.1) is 0 Å². The molecule has 2 heterocycles. The van der Waals surface area contributed by atoms with Crippen molar-refractivity contribution in [3.05, 3.63) is 23.5 Å². The molecule has 29 heavy (non-hydrogen) atoms. The molecular formula is C19H28F3N3O3S. The van der Waals surface area contributed by atoms with Crippen molar-refractivity contribution in [2.45, 2.75) is 68.7 Å². The predicted octanol–water partition coefficient (Wildman–Crippen LogP) is 2.66. The number of aromatic nitrogens is 1. The summed E-state index contributed by atoms with van der Waals surface area (Å²) in [5.41, 5.74) is -1.57. The zero-order valence-electron chi connectivity index (χ0n) is 16.7. The Labute approximate surface area is 169 Å². The summed E-state index contributed by atoms with van der Waals surface area (Å²) in [4.78, 5) is 5.47. The van der Waals surface area contributed by atoms with E-state index in [2.05, 4.69) is 9.88 Å². The molecular weight excluding hydrogens is 407 g/mol. The quantitative estimate of drug-likeness (QED) is 0.787. The summed E-state index contributed by atoms with van der Waals surface area (Å²) in [5, 5.41) is 10.1. The molecule has 164 valence electrons. The Hall–Kier alpha value is -1.23. The molecule has 1 aliphatic heterocycles. The lowest BCUT2D eigenvalue weighted by Crippen LogP contribution is -2.53. The van der Waals surface area contributed by atoms with Crippen LogP contribution in [0.15, 0.2) is 17.2 Å². The third-order valence-electron chi connectivity index (χ3n) is 6.06. The highest BCUT2D eigenvalue weighted by Crippen LogP contribution is 2.33. The van der Waals surface area contributed by atoms with Crippen LogP contribution in [0.2, 0.25) is 0 Å². The van der Waals surface area contributed by atoms with E-state index < -0.39 is 27.5 Å². The lowest BCUT2D eigenvalue weighted by atomic mass is 9.83. The summed E-state index contributed by atoms with van der Waals surface area (Å²) in [6.45, 7) is 5.20. The highest BCUT2D eigenvalue weighted by atomic mass is 32.2. The van der Waals surface area contributed by atoms with E-state index in [0.29, 0.717) is 32.2 Å². The van der Waals surface area contributed by atoms with Gasteiger partial charge < -0.3 is 5.11 Å². The topological polar surface area (TPSA) is 73.7 Å². The molecule has 0 radical (unpaired) electrons. The Kier molecular flexibility index (Phi) is 6.29. The largest absolute Gasteiger partial charge is 0.433 e. The SMILES string of the molecule is CCc1cc(C(F)(F)F)ncc1S(=O)(=O)N1CCN(C2CCC(C)(O)CC2)CC1. The predicted molar refractivity (Wildman–Crippen MR) is 102 cm³/mol. The van der Waals surface area contributed by atoms with Gasteiger partial charge in [-0.1, -0.05) is 6.92 Å². The number of piperazine rings is 1. The summed E-state index contributed by atoms with van der Waals surface area (Å²) >= 11 is 0. The minimum absolute atomic E-state index is 0.129. The van der Waals surface area contributed by atoms with Crippen LogP contribution in [0.4, 0.5) is 13.2 Å². The first-order valence-corrected chi connectivity index (χ1v) is 11.4. The first kappa shape index (κ1) is 22.5. The zero-order chi connectivity index (χ0) is 21.4. The van der Waals surface area contributed by atoms with Crippen LogP contribution in [0.5, 0.6) is 0 Å². The molecule has 2 aliphatic rings. The van der Waals surface area contributed by atoms with Gasteiger partial charge in [-0.3, -0.25) is 9.88 Å². The minimum Gasteiger partial charge on any atom is -0.390 e. The molecule has 1 aromatic rings. The van der Waals surface area contributed by atoms with Gasteiger partial charge in [0.15, 0.2) is 0 Å². The van der Waals surface area contributed by atoms with Crippen molar-refractivity contribution < 1.29 is 26.7 Å². The molecule has 0 bridgehead atoms. The van der Waals surface area contributed by atoms with Crippen molar-refractivity contribution in [3.8, 4) is 0 Å². The van der Waals surface area contributed by atoms with Crippen molar-refractivity contribution >= 4 is 10.0 Å². The number of aliphatic hydroxyl groups is 1. The fourth-order valence-corrected chi connectivity index (χ4v) is 5.83. The lowest BCUT2D eigenvalue weighted by molar-refractivity contribution is -0.141. The molecule has 0 atom stereocenters. The van der Waals surface area contributed by atoms with Gasteiger partial charge in [-0.2, -0.15) is 17.5 Å². The molecule has 10 heteroatoms. The maximum atomic E-state index is 13.0. The van der Waals surface area contributed by atoms with Gasteiger partial charge in [0.1, 0.15) is 10.6 Å². The molecule has 3 rings (SSSR count). The van der Waals surface area contributed by atoms with Crippen molar-refractivity contribution in [1.82, 2.24) is 14.2 Å². The average molecular weight is 436 g/mol. The molecule has 6 nitrogen and oxygen atoms in total. The summed E-state index contributed by atoms with van der Waals surface area (Å²) in [6, 6.07) is 1.16. The average Bonchev–Trinajstić information content (AvgIpc) is 2.67. The smallest absolute Gasteiger partial charge is 0.390 e. The van der Waals surface area contributed by atoms with E-state index >= 15 is 0 Å². The molecule has 0 spiro atoms. The zero-order valence-corrected chi connectivity index (χ0v) is 17.6. The monoisotopic (exact) mass is 435 g/mol. The van der Waals surface area contributed by atoms with Crippen LogP contribution in [-0.4, -0.2) is 65.5 Å². The normalized spacial score (nSPS) is 27.9. The van der Waals surface area contributed by atoms with Crippen LogP contribution >= 0.6 is 0 Å². The number of nitrogens with zero attached hydrogens (tertiary/aromatic N) is 3. The molecule has 2 fully saturated rings. The molecule has 1 saturated heterocycles. The van der Waals surface area contributed by atoms with Gasteiger partial charge in [-0.05, 0) is 50.7 Å². The van der Waals surface area contributed by atoms with Crippen LogP contribution in [0.25, 0.3) is 0 Å². The van der Waals surface area contributed by atoms with Gasteiger partial charge in [0, 0.05) is 38.4 Å². The highest BCUT2D eigenvalue weighted by molar-refractivity contribution is 7.89. The Morgan fingerprint density at radius 3 is 2.31 bits per heavy atom. The van der Waals surface area contributed by atoms with Crippen LogP contribution in [0, 0.1) is 0 Å². The van der Waals surface area contributed by atoms with E-state index in [1.54, 1.807) is 6.92 Å². The van der Waals surface area contributed by atoms with Crippen LogP contribution in [0.3, 0.4) is 0 Å². The van der Waals surface area contributed by atoms with E-state index in [1.165, 1.54) is 4.31 Å². The first-order chi connectivity index (χ1) is 13.4. The number of hydrogen-bond acceptors (Lipinski definition) is 5. The van der Waals surface area contributed by atoms with Crippen molar-refractivity contribution in [2.24, 2.45) is 0 Å². The van der Waals surface area contributed by atoms with Gasteiger partial charge in [0.2, 0.25) is 10.0 Å². The summed E-state index contributed by atoms with van der Waals surface area (Å²) in [5.74, 6) is 0. The second kappa shape index (κ2) is 8.13. The van der Waals surface area contributed by atoms with E-state index in [1.807, 2.05) is 6.92 Å². The molecule has 1 aliphatic carbocycles. The summed E-state index contributed by atoms with van der Waals surface area (Å²) in [7, 11) is -3.90. The number of rotatable bonds is 4. The maximum Gasteiger partial charge on any atom is 0.433 e. The Balaban J connectivity index is 1.70. The van der Waals surface area contributed by atoms with Gasteiger partial charge >= 0.3 is 6.18 Å². The standard InChI is InChI=1S/C19H28F3N3O3S/c1-3-14-12-17(19(20,21)22)23-13-16(14)29(27,28)25-10-8-24(9-11-25)15-4-6-18(2,26)7-5-15/h12-13,15,26H,3-11H2,1-2H3. The number of hydrogen-bond donors (Lipinski definition) is 1. The molecule has 1 aromatic heterocycles. The fourth-order valence-electron chi connectivity index (χ4n) is 4.19. The van der Waals surface area contributed by atoms with Gasteiger partial charge in [0.05, 0.1) is 5.60 Å². The second-order valence-electron chi connectivity index (χ2n) is 8.20. The lowest BCUT2D eigenvalue weighted by Gasteiger charge is -2.43. The summed E-state index contributed by atoms with van der Waals surface area (Å²) < 4.78 is 66.2. The van der Waals surface area contributed by atoms with Crippen LogP contribution in [0.1, 0.15) is 50.8 Å². The number of sulfonamides is 1. The Morgan fingerprint density at radius 2 is 1.79 bits per heavy atom. The van der Waals surface area contributed by atoms with Crippen molar-refractivity contribution in [2.75, 3.05) is 26.2 Å². The van der Waals surface area contributed by atoms with Gasteiger partial charge in [-0.25, -0.2) is 8.42 Å². The first-order valence-electron chi connectivity index (χ1n) is 9.97. The van der Waals surface area contributed by atoms with E-state index in [0.717, 1.165) is 37.9 Å². The van der Waals surface area contributed by atoms with E-state index in [9.17, 15) is 26.7 Å². The number of pyridine rings is 1. The van der Waals surface area contributed by atoms with Crippen molar-refractivity contribution in [1.29, 1.82) is 0 Å². The minimum atomic E-state index is -4.61. The highest BCUT2D eigenvalue weighted by Gasteiger charge is 2.37. The molecule has 0 unspecified atom stereocenters. The third kappa shape index (κ3) is 4.92. The van der Waals surface area contributed by atoms with Gasteiger partial charge in [0.25, 0.3) is 0 Å². The summed E-state index contributed by atoms with van der Waals surface area (Å²) in [6.07, 6.45) is -0.386. The van der Waals surface area contributed by atoms with Crippen molar-refractivity contribution in [3.63, 3.8) is 0 Å². The number of aryl methyl sites for hydroxylation is 1. The molecule has 1 N–H and O–H groups in total. The second-order valence-corrected chi connectivity index (χ2v) is 10.1. The number of alkyl halides is 3. The van der Waals surface area contributed by atoms with Crippen LogP contribution < -0.4 is 0 Å². The molecule has 0 amide bonds. The fraction of sp³-hybridized carbons (Fsp3) is 0.737. The van der Waals surface area contributed by atoms with E-state index in [-0.39, 0.29) is 16.9 Å². The third-order valence-corrected chi connectivity index (χ3v) is 8.03. The molecule has 1 saturated carbocycles. The maximum absolute atomic E-state index is 13.0. The molecule has 0 aromatic carbocycles. The van der Waals surface area contributed by atoms with Crippen LogP contribution in [-0.2, 0) is 22.6 Å². The Morgan fingerprint density at radius 1 is 1.21 bits per heavy atom.